The number of halogens is 1. The molecule has 3 heteroatoms. The predicted molar refractivity (Wildman–Crippen MR) is 125 cm³/mol. The quantitative estimate of drug-likeness (QED) is 0.0971. The minimum atomic E-state index is -0.470. The normalized spacial score (nSPS) is 11.0. The summed E-state index contributed by atoms with van der Waals surface area (Å²) in [6, 6.07) is 4.66. The fourth-order valence-electron chi connectivity index (χ4n) is 3.72. The highest BCUT2D eigenvalue weighted by molar-refractivity contribution is 5.72. The van der Waals surface area contributed by atoms with Gasteiger partial charge in [-0.2, -0.15) is 0 Å². The van der Waals surface area contributed by atoms with Crippen LogP contribution in [0.5, 0.6) is 5.75 Å². The average Bonchev–Trinajstić information content (AvgIpc) is 2.72. The van der Waals surface area contributed by atoms with Gasteiger partial charge in [0.2, 0.25) is 0 Å². The molecule has 0 unspecified atom stereocenters. The molecule has 30 heavy (non-hydrogen) atoms. The summed E-state index contributed by atoms with van der Waals surface area (Å²) in [5.74, 6) is -0.772. The molecule has 0 atom stereocenters. The lowest BCUT2D eigenvalue weighted by Crippen LogP contribution is -2.08. The van der Waals surface area contributed by atoms with Gasteiger partial charge in [-0.25, -0.2) is 4.39 Å². The standard InChI is InChI=1S/C27H43FO2/c1-3-4-5-6-7-8-9-10-11-12-13-14-15-16-17-18-19-20-27(29)30-26-22-21-24(2)23-25(26)28/h3,21-23H,1,4-20H2,2H3. The maximum absolute atomic E-state index is 13.7. The van der Waals surface area contributed by atoms with Crippen molar-refractivity contribution in [3.05, 3.63) is 42.9 Å². The van der Waals surface area contributed by atoms with Crippen LogP contribution in [0, 0.1) is 26.1 Å². The molecule has 0 spiro atoms. The van der Waals surface area contributed by atoms with E-state index < -0.39 is 5.82 Å². The largest absolute Gasteiger partial charge is 0.423 e. The Labute approximate surface area is 185 Å². The average molecular weight is 419 g/mol. The molecule has 0 aliphatic rings. The molecular formula is C27H43FO2. The van der Waals surface area contributed by atoms with E-state index in [4.69, 9.17) is 4.74 Å². The third kappa shape index (κ3) is 14.5. The number of carbonyl (C=O) groups is 1. The van der Waals surface area contributed by atoms with E-state index in [0.29, 0.717) is 6.42 Å². The molecule has 0 bridgehead atoms. The van der Waals surface area contributed by atoms with Gasteiger partial charge in [-0.1, -0.05) is 103 Å². The summed E-state index contributed by atoms with van der Waals surface area (Å²) in [4.78, 5) is 11.8. The first kappa shape index (κ1) is 26.5. The second-order valence-corrected chi connectivity index (χ2v) is 8.54. The Kier molecular flexibility index (Phi) is 16.2. The van der Waals surface area contributed by atoms with E-state index in [1.807, 2.05) is 13.3 Å². The first-order chi connectivity index (χ1) is 14.6. The van der Waals surface area contributed by atoms with E-state index in [1.165, 1.54) is 95.6 Å². The van der Waals surface area contributed by atoms with Gasteiger partial charge in [-0.3, -0.25) is 4.79 Å². The van der Waals surface area contributed by atoms with Crippen molar-refractivity contribution in [3.63, 3.8) is 0 Å². The molecule has 2 nitrogen and oxygen atoms in total. The Morgan fingerprint density at radius 1 is 0.833 bits per heavy atom. The van der Waals surface area contributed by atoms with Crippen LogP contribution in [-0.2, 0) is 4.79 Å². The van der Waals surface area contributed by atoms with Crippen LogP contribution in [0.4, 0.5) is 4.39 Å². The molecule has 0 heterocycles. The zero-order chi connectivity index (χ0) is 21.9. The van der Waals surface area contributed by atoms with Crippen molar-refractivity contribution in [2.45, 2.75) is 116 Å². The Bertz CT molecular complexity index is 556. The van der Waals surface area contributed by atoms with Gasteiger partial charge in [0.1, 0.15) is 0 Å². The minimum absolute atomic E-state index is 0.0362. The molecule has 0 saturated heterocycles. The number of hydrogen-bond acceptors (Lipinski definition) is 2. The van der Waals surface area contributed by atoms with Gasteiger partial charge in [0.15, 0.2) is 11.6 Å². The van der Waals surface area contributed by atoms with Crippen molar-refractivity contribution in [1.29, 1.82) is 0 Å². The second-order valence-electron chi connectivity index (χ2n) is 8.54. The number of carbonyl (C=O) groups excluding carboxylic acids is 1. The van der Waals surface area contributed by atoms with Gasteiger partial charge < -0.3 is 4.74 Å². The lowest BCUT2D eigenvalue weighted by molar-refractivity contribution is -0.134. The van der Waals surface area contributed by atoms with Crippen LogP contribution in [0.25, 0.3) is 0 Å². The van der Waals surface area contributed by atoms with Crippen molar-refractivity contribution in [3.8, 4) is 5.75 Å². The Balaban J connectivity index is 1.82. The van der Waals surface area contributed by atoms with Gasteiger partial charge in [0.25, 0.3) is 0 Å². The third-order valence-corrected chi connectivity index (χ3v) is 5.60. The zero-order valence-electron chi connectivity index (χ0n) is 19.2. The summed E-state index contributed by atoms with van der Waals surface area (Å²) < 4.78 is 18.8. The maximum Gasteiger partial charge on any atom is 0.311 e. The third-order valence-electron chi connectivity index (χ3n) is 5.60. The van der Waals surface area contributed by atoms with E-state index in [9.17, 15) is 9.18 Å². The Morgan fingerprint density at radius 3 is 1.77 bits per heavy atom. The second kappa shape index (κ2) is 18.3. The van der Waals surface area contributed by atoms with Gasteiger partial charge >= 0.3 is 5.97 Å². The zero-order valence-corrected chi connectivity index (χ0v) is 19.2. The number of unbranched alkanes of at least 4 members (excludes halogenated alkanes) is 16. The molecule has 1 rings (SSSR count). The van der Waals surface area contributed by atoms with Crippen molar-refractivity contribution >= 4 is 5.97 Å². The van der Waals surface area contributed by atoms with Crippen LogP contribution in [0.15, 0.2) is 18.2 Å². The maximum atomic E-state index is 13.7. The summed E-state index contributed by atoms with van der Waals surface area (Å²) in [7, 11) is 0. The fraction of sp³-hybridized carbons (Fsp3) is 0.667. The van der Waals surface area contributed by atoms with Crippen molar-refractivity contribution < 1.29 is 13.9 Å². The van der Waals surface area contributed by atoms with Gasteiger partial charge in [-0.15, -0.1) is 12.8 Å². The molecule has 0 fully saturated rings. The SMILES string of the molecule is [CH2+][CH-]CCCCCCCCCCCCCCCCCC(=O)Oc1ccc(C)cc1F. The molecule has 0 aliphatic heterocycles. The summed E-state index contributed by atoms with van der Waals surface area (Å²) in [6.45, 7) is 5.57. The summed E-state index contributed by atoms with van der Waals surface area (Å²) in [5, 5.41) is 0. The van der Waals surface area contributed by atoms with Crippen LogP contribution < -0.4 is 4.74 Å². The molecule has 0 radical (unpaired) electrons. The molecule has 1 aromatic carbocycles. The highest BCUT2D eigenvalue weighted by atomic mass is 19.1. The minimum Gasteiger partial charge on any atom is -0.423 e. The molecule has 1 aromatic rings. The summed E-state index contributed by atoms with van der Waals surface area (Å²) >= 11 is 0. The van der Waals surface area contributed by atoms with Crippen LogP contribution in [-0.4, -0.2) is 5.97 Å². The topological polar surface area (TPSA) is 26.3 Å². The summed E-state index contributed by atoms with van der Waals surface area (Å²) in [6.07, 6.45) is 22.8. The summed E-state index contributed by atoms with van der Waals surface area (Å²) in [5.41, 5.74) is 0.817. The molecular weight excluding hydrogens is 375 g/mol. The smallest absolute Gasteiger partial charge is 0.311 e. The van der Waals surface area contributed by atoms with E-state index in [1.54, 1.807) is 6.07 Å². The van der Waals surface area contributed by atoms with Gasteiger partial charge in [0, 0.05) is 6.42 Å². The molecule has 0 amide bonds. The number of esters is 1. The van der Waals surface area contributed by atoms with E-state index >= 15 is 0 Å². The van der Waals surface area contributed by atoms with E-state index in [2.05, 4.69) is 6.92 Å². The first-order valence-electron chi connectivity index (χ1n) is 12.2. The molecule has 170 valence electrons. The number of hydrogen-bond donors (Lipinski definition) is 0. The van der Waals surface area contributed by atoms with Crippen molar-refractivity contribution in [2.24, 2.45) is 0 Å². The lowest BCUT2D eigenvalue weighted by Gasteiger charge is -2.06. The molecule has 0 aliphatic carbocycles. The van der Waals surface area contributed by atoms with Crippen molar-refractivity contribution in [2.75, 3.05) is 0 Å². The number of benzene rings is 1. The number of aryl methyl sites for hydroxylation is 1. The Hall–Kier alpha value is -1.51. The first-order valence-corrected chi connectivity index (χ1v) is 12.2. The van der Waals surface area contributed by atoms with Crippen molar-refractivity contribution in [1.82, 2.24) is 0 Å². The van der Waals surface area contributed by atoms with Crippen LogP contribution >= 0.6 is 0 Å². The highest BCUT2D eigenvalue weighted by Gasteiger charge is 2.09. The molecule has 0 aromatic heterocycles. The van der Waals surface area contributed by atoms with Gasteiger partial charge in [0.05, 0.1) is 0 Å². The Morgan fingerprint density at radius 2 is 1.30 bits per heavy atom. The fourth-order valence-corrected chi connectivity index (χ4v) is 3.72. The van der Waals surface area contributed by atoms with Crippen LogP contribution in [0.2, 0.25) is 0 Å². The molecule has 0 N–H and O–H groups in total. The number of rotatable bonds is 19. The van der Waals surface area contributed by atoms with Crippen LogP contribution in [0.3, 0.4) is 0 Å². The highest BCUT2D eigenvalue weighted by Crippen LogP contribution is 2.19. The monoisotopic (exact) mass is 418 g/mol. The predicted octanol–water partition coefficient (Wildman–Crippen LogP) is 8.71. The van der Waals surface area contributed by atoms with E-state index in [0.717, 1.165) is 24.8 Å². The van der Waals surface area contributed by atoms with Crippen LogP contribution in [0.1, 0.15) is 115 Å². The number of ether oxygens (including phenoxy) is 1. The lowest BCUT2D eigenvalue weighted by atomic mass is 10.0. The molecule has 0 saturated carbocycles. The van der Waals surface area contributed by atoms with E-state index in [-0.39, 0.29) is 11.7 Å². The van der Waals surface area contributed by atoms with Gasteiger partial charge in [-0.05, 0) is 31.0 Å².